The fourth-order valence-electron chi connectivity index (χ4n) is 1.21. The van der Waals surface area contributed by atoms with Crippen molar-refractivity contribution in [3.05, 3.63) is 35.4 Å². The maximum atomic E-state index is 12.4. The van der Waals surface area contributed by atoms with E-state index in [9.17, 15) is 8.78 Å². The van der Waals surface area contributed by atoms with E-state index in [0.717, 1.165) is 5.56 Å². The molecule has 1 atom stereocenters. The van der Waals surface area contributed by atoms with Gasteiger partial charge in [-0.05, 0) is 19.5 Å². The van der Waals surface area contributed by atoms with Gasteiger partial charge in [0.2, 0.25) is 0 Å². The normalized spacial score (nSPS) is 13.3. The number of halogens is 2. The molecule has 0 heterocycles. The third-order valence-corrected chi connectivity index (χ3v) is 2.00. The number of nitrogens with one attached hydrogen (secondary N) is 1. The summed E-state index contributed by atoms with van der Waals surface area (Å²) in [4.78, 5) is 0. The van der Waals surface area contributed by atoms with E-state index in [2.05, 4.69) is 5.32 Å². The molecule has 0 amide bonds. The standard InChI is InChI=1S/C10H13F2N/c1-7-3-5-8(6-4-7)9(13-2)10(11)12/h3-6,9-10,13H,1-2H3. The number of rotatable bonds is 3. The van der Waals surface area contributed by atoms with Crippen LogP contribution < -0.4 is 5.32 Å². The van der Waals surface area contributed by atoms with Crippen LogP contribution in [0.4, 0.5) is 8.78 Å². The lowest BCUT2D eigenvalue weighted by Crippen LogP contribution is -2.23. The molecule has 0 radical (unpaired) electrons. The third-order valence-electron chi connectivity index (χ3n) is 2.00. The molecule has 0 saturated heterocycles. The molecule has 0 aromatic heterocycles. The van der Waals surface area contributed by atoms with Crippen LogP contribution in [0.5, 0.6) is 0 Å². The Balaban J connectivity index is 2.86. The summed E-state index contributed by atoms with van der Waals surface area (Å²) in [7, 11) is 1.54. The summed E-state index contributed by atoms with van der Waals surface area (Å²) in [5, 5.41) is 2.59. The van der Waals surface area contributed by atoms with Gasteiger partial charge in [-0.15, -0.1) is 0 Å². The quantitative estimate of drug-likeness (QED) is 0.763. The van der Waals surface area contributed by atoms with E-state index in [1.807, 2.05) is 19.1 Å². The van der Waals surface area contributed by atoms with Crippen LogP contribution in [0, 0.1) is 6.92 Å². The molecular formula is C10H13F2N. The largest absolute Gasteiger partial charge is 0.308 e. The van der Waals surface area contributed by atoms with Crippen LogP contribution in [0.2, 0.25) is 0 Å². The van der Waals surface area contributed by atoms with E-state index in [1.54, 1.807) is 12.1 Å². The third kappa shape index (κ3) is 2.49. The minimum absolute atomic E-state index is 0.628. The van der Waals surface area contributed by atoms with Crippen molar-refractivity contribution >= 4 is 0 Å². The first-order valence-electron chi connectivity index (χ1n) is 4.17. The van der Waals surface area contributed by atoms with Gasteiger partial charge >= 0.3 is 0 Å². The van der Waals surface area contributed by atoms with E-state index in [4.69, 9.17) is 0 Å². The summed E-state index contributed by atoms with van der Waals surface area (Å²) in [6.45, 7) is 1.93. The highest BCUT2D eigenvalue weighted by molar-refractivity contribution is 5.24. The molecule has 0 aliphatic carbocycles. The summed E-state index contributed by atoms with van der Waals surface area (Å²) in [6.07, 6.45) is -2.37. The highest BCUT2D eigenvalue weighted by Gasteiger charge is 2.19. The average Bonchev–Trinajstić information content (AvgIpc) is 2.09. The summed E-state index contributed by atoms with van der Waals surface area (Å²) >= 11 is 0. The maximum absolute atomic E-state index is 12.4. The molecule has 13 heavy (non-hydrogen) atoms. The van der Waals surface area contributed by atoms with Gasteiger partial charge in [0.15, 0.2) is 0 Å². The number of aryl methyl sites for hydroxylation is 1. The Hall–Kier alpha value is -0.960. The molecule has 0 saturated carbocycles. The van der Waals surface area contributed by atoms with Crippen LogP contribution in [0.15, 0.2) is 24.3 Å². The van der Waals surface area contributed by atoms with Gasteiger partial charge in [-0.3, -0.25) is 0 Å². The van der Waals surface area contributed by atoms with Crippen molar-refractivity contribution in [2.45, 2.75) is 19.4 Å². The molecule has 1 unspecified atom stereocenters. The van der Waals surface area contributed by atoms with E-state index >= 15 is 0 Å². The van der Waals surface area contributed by atoms with Gasteiger partial charge in [-0.1, -0.05) is 29.8 Å². The molecule has 1 aromatic carbocycles. The zero-order valence-electron chi connectivity index (χ0n) is 7.72. The van der Waals surface area contributed by atoms with Crippen molar-refractivity contribution < 1.29 is 8.78 Å². The Morgan fingerprint density at radius 1 is 1.15 bits per heavy atom. The molecule has 0 aliphatic heterocycles. The zero-order chi connectivity index (χ0) is 9.84. The van der Waals surface area contributed by atoms with Crippen molar-refractivity contribution in [3.63, 3.8) is 0 Å². The van der Waals surface area contributed by atoms with Crippen molar-refractivity contribution in [2.75, 3.05) is 7.05 Å². The molecule has 1 rings (SSSR count). The summed E-state index contributed by atoms with van der Waals surface area (Å²) < 4.78 is 24.8. The maximum Gasteiger partial charge on any atom is 0.257 e. The molecule has 1 aromatic rings. The highest BCUT2D eigenvalue weighted by Crippen LogP contribution is 2.20. The first-order valence-corrected chi connectivity index (χ1v) is 4.17. The van der Waals surface area contributed by atoms with Crippen LogP contribution in [0.1, 0.15) is 17.2 Å². The molecule has 0 aliphatic rings. The zero-order valence-corrected chi connectivity index (χ0v) is 7.72. The van der Waals surface area contributed by atoms with Crippen molar-refractivity contribution in [2.24, 2.45) is 0 Å². The minimum atomic E-state index is -2.37. The lowest BCUT2D eigenvalue weighted by atomic mass is 10.1. The second-order valence-electron chi connectivity index (χ2n) is 3.01. The number of benzene rings is 1. The second kappa shape index (κ2) is 4.33. The molecular weight excluding hydrogens is 172 g/mol. The van der Waals surface area contributed by atoms with E-state index < -0.39 is 12.5 Å². The van der Waals surface area contributed by atoms with Gasteiger partial charge in [0, 0.05) is 0 Å². The number of alkyl halides is 2. The second-order valence-corrected chi connectivity index (χ2v) is 3.01. The molecule has 1 nitrogen and oxygen atoms in total. The Bertz CT molecular complexity index is 256. The van der Waals surface area contributed by atoms with Gasteiger partial charge in [0.1, 0.15) is 0 Å². The minimum Gasteiger partial charge on any atom is -0.308 e. The first kappa shape index (κ1) is 10.1. The predicted molar refractivity (Wildman–Crippen MR) is 49.0 cm³/mol. The van der Waals surface area contributed by atoms with Gasteiger partial charge in [0.25, 0.3) is 6.43 Å². The Kier molecular flexibility index (Phi) is 3.37. The Morgan fingerprint density at radius 3 is 2.08 bits per heavy atom. The van der Waals surface area contributed by atoms with Gasteiger partial charge in [0.05, 0.1) is 6.04 Å². The monoisotopic (exact) mass is 185 g/mol. The average molecular weight is 185 g/mol. The fraction of sp³-hybridized carbons (Fsp3) is 0.400. The lowest BCUT2D eigenvalue weighted by Gasteiger charge is -2.15. The summed E-state index contributed by atoms with van der Waals surface area (Å²) in [5.41, 5.74) is 1.70. The SMILES string of the molecule is CNC(c1ccc(C)cc1)C(F)F. The van der Waals surface area contributed by atoms with E-state index in [0.29, 0.717) is 5.56 Å². The molecule has 0 bridgehead atoms. The smallest absolute Gasteiger partial charge is 0.257 e. The van der Waals surface area contributed by atoms with Gasteiger partial charge < -0.3 is 5.32 Å². The molecule has 0 spiro atoms. The fourth-order valence-corrected chi connectivity index (χ4v) is 1.21. The topological polar surface area (TPSA) is 12.0 Å². The van der Waals surface area contributed by atoms with E-state index in [1.165, 1.54) is 7.05 Å². The van der Waals surface area contributed by atoms with Crippen molar-refractivity contribution in [1.82, 2.24) is 5.32 Å². The summed E-state index contributed by atoms with van der Waals surface area (Å²) in [5.74, 6) is 0. The Morgan fingerprint density at radius 2 is 1.69 bits per heavy atom. The summed E-state index contributed by atoms with van der Waals surface area (Å²) in [6, 6.07) is 6.26. The van der Waals surface area contributed by atoms with Crippen LogP contribution in [-0.2, 0) is 0 Å². The van der Waals surface area contributed by atoms with Gasteiger partial charge in [-0.25, -0.2) is 8.78 Å². The lowest BCUT2D eigenvalue weighted by molar-refractivity contribution is 0.102. The molecule has 3 heteroatoms. The molecule has 1 N–H and O–H groups in total. The van der Waals surface area contributed by atoms with E-state index in [-0.39, 0.29) is 0 Å². The van der Waals surface area contributed by atoms with Crippen LogP contribution in [0.3, 0.4) is 0 Å². The van der Waals surface area contributed by atoms with Crippen molar-refractivity contribution in [3.8, 4) is 0 Å². The van der Waals surface area contributed by atoms with Crippen molar-refractivity contribution in [1.29, 1.82) is 0 Å². The number of hydrogen-bond donors (Lipinski definition) is 1. The molecule has 0 fully saturated rings. The van der Waals surface area contributed by atoms with Crippen LogP contribution in [0.25, 0.3) is 0 Å². The predicted octanol–water partition coefficient (Wildman–Crippen LogP) is 2.52. The van der Waals surface area contributed by atoms with Crippen LogP contribution in [-0.4, -0.2) is 13.5 Å². The Labute approximate surface area is 76.8 Å². The number of hydrogen-bond acceptors (Lipinski definition) is 1. The van der Waals surface area contributed by atoms with Crippen LogP contribution >= 0.6 is 0 Å². The molecule has 72 valence electrons. The highest BCUT2D eigenvalue weighted by atomic mass is 19.3. The van der Waals surface area contributed by atoms with Gasteiger partial charge in [-0.2, -0.15) is 0 Å². The first-order chi connectivity index (χ1) is 6.15.